The summed E-state index contributed by atoms with van der Waals surface area (Å²) in [6, 6.07) is 10.2. The van der Waals surface area contributed by atoms with Gasteiger partial charge in [-0.3, -0.25) is 9.59 Å². The maximum atomic E-state index is 13.7. The minimum atomic E-state index is -3.59. The zero-order chi connectivity index (χ0) is 29.7. The number of nitrogens with one attached hydrogen (secondary N) is 1. The molecule has 13 heteroatoms. The third-order valence-corrected chi connectivity index (χ3v) is 10.8. The van der Waals surface area contributed by atoms with Gasteiger partial charge in [-0.1, -0.05) is 49.2 Å². The number of fused-ring (bicyclic) bond motifs is 1. The molecule has 0 radical (unpaired) electrons. The van der Waals surface area contributed by atoms with E-state index in [1.165, 1.54) is 15.6 Å². The lowest BCUT2D eigenvalue weighted by molar-refractivity contribution is -0.137. The van der Waals surface area contributed by atoms with E-state index in [2.05, 4.69) is 20.2 Å². The first-order valence-corrected chi connectivity index (χ1v) is 16.7. The second kappa shape index (κ2) is 13.4. The molecule has 11 nitrogen and oxygen atoms in total. The number of likely N-dealkylation sites (N-methyl/N-ethyl adjacent to an activating group) is 1. The molecule has 1 atom stereocenters. The molecule has 5 rings (SSSR count). The van der Waals surface area contributed by atoms with Gasteiger partial charge in [0.2, 0.25) is 21.8 Å². The Morgan fingerprint density at radius 3 is 2.48 bits per heavy atom. The number of benzene rings is 1. The summed E-state index contributed by atoms with van der Waals surface area (Å²) in [7, 11) is -1.61. The number of aromatic nitrogens is 2. The molecule has 2 aromatic heterocycles. The van der Waals surface area contributed by atoms with Crippen molar-refractivity contribution in [2.45, 2.75) is 55.8 Å². The highest BCUT2D eigenvalue weighted by molar-refractivity contribution is 7.89. The van der Waals surface area contributed by atoms with Crippen molar-refractivity contribution >= 4 is 48.7 Å². The van der Waals surface area contributed by atoms with E-state index < -0.39 is 21.9 Å². The molecular weight excluding hydrogens is 578 g/mol. The number of carboxylic acids is 1. The molecule has 1 saturated carbocycles. The highest BCUT2D eigenvalue weighted by Crippen LogP contribution is 2.36. The number of carbonyl (C=O) groups is 2. The predicted molar refractivity (Wildman–Crippen MR) is 160 cm³/mol. The molecule has 2 N–H and O–H groups in total. The number of ether oxygens (including phenoxy) is 1. The average molecular weight is 616 g/mol. The Bertz CT molecular complexity index is 1500. The molecular formula is C29H37N5O6S2. The number of carbonyl (C=O) groups excluding carboxylic acids is 1. The average Bonchev–Trinajstić information content (AvgIpc) is 3.63. The van der Waals surface area contributed by atoms with Crippen LogP contribution in [0.1, 0.15) is 56.4 Å². The lowest BCUT2D eigenvalue weighted by atomic mass is 9.87. The summed E-state index contributed by atoms with van der Waals surface area (Å²) in [6.07, 6.45) is 5.57. The van der Waals surface area contributed by atoms with E-state index in [0.717, 1.165) is 31.2 Å². The lowest BCUT2D eigenvalue weighted by Gasteiger charge is -2.31. The molecule has 0 bridgehead atoms. The van der Waals surface area contributed by atoms with Crippen LogP contribution in [-0.4, -0.2) is 84.4 Å². The van der Waals surface area contributed by atoms with Gasteiger partial charge in [-0.15, -0.1) is 0 Å². The van der Waals surface area contributed by atoms with Crippen molar-refractivity contribution in [3.05, 3.63) is 42.0 Å². The maximum absolute atomic E-state index is 13.7. The van der Waals surface area contributed by atoms with Gasteiger partial charge in [0.15, 0.2) is 5.13 Å². The fourth-order valence-corrected chi connectivity index (χ4v) is 7.80. The van der Waals surface area contributed by atoms with Gasteiger partial charge in [0.25, 0.3) is 0 Å². The molecule has 1 aromatic carbocycles. The molecule has 1 saturated heterocycles. The summed E-state index contributed by atoms with van der Waals surface area (Å²) in [6.45, 7) is 2.56. The molecule has 0 spiro atoms. The van der Waals surface area contributed by atoms with E-state index >= 15 is 0 Å². The monoisotopic (exact) mass is 615 g/mol. The third-order valence-electron chi connectivity index (χ3n) is 7.99. The summed E-state index contributed by atoms with van der Waals surface area (Å²) in [5.74, 6) is -0.683. The van der Waals surface area contributed by atoms with Crippen LogP contribution in [0.5, 0.6) is 5.88 Å². The minimum absolute atomic E-state index is 0.0236. The molecule has 2 aliphatic rings. The number of hydrogen-bond acceptors (Lipinski definition) is 9. The van der Waals surface area contributed by atoms with Crippen LogP contribution in [0, 0.1) is 5.92 Å². The number of carboxylic acid groups (broad SMARTS) is 1. The fraction of sp³-hybridized carbons (Fsp3) is 0.517. The van der Waals surface area contributed by atoms with Crippen molar-refractivity contribution < 1.29 is 27.9 Å². The Kier molecular flexibility index (Phi) is 9.71. The summed E-state index contributed by atoms with van der Waals surface area (Å²) in [5, 5.41) is 12.2. The van der Waals surface area contributed by atoms with Gasteiger partial charge < -0.3 is 20.1 Å². The first-order valence-electron chi connectivity index (χ1n) is 14.4. The van der Waals surface area contributed by atoms with Crippen molar-refractivity contribution in [3.63, 3.8) is 0 Å². The maximum Gasteiger partial charge on any atom is 0.303 e. The van der Waals surface area contributed by atoms with Gasteiger partial charge in [-0.25, -0.2) is 18.4 Å². The number of aliphatic carboxylic acids is 1. The first-order chi connectivity index (χ1) is 20.2. The molecule has 1 aliphatic heterocycles. The largest absolute Gasteiger partial charge is 0.481 e. The molecule has 1 aliphatic carbocycles. The smallest absolute Gasteiger partial charge is 0.303 e. The summed E-state index contributed by atoms with van der Waals surface area (Å²) < 4.78 is 33.5. The Balaban J connectivity index is 1.30. The summed E-state index contributed by atoms with van der Waals surface area (Å²) in [5.41, 5.74) is 1.41. The van der Waals surface area contributed by atoms with Crippen LogP contribution < -0.4 is 10.1 Å². The van der Waals surface area contributed by atoms with Gasteiger partial charge >= 0.3 is 5.97 Å². The lowest BCUT2D eigenvalue weighted by Crippen LogP contribution is -2.47. The van der Waals surface area contributed by atoms with Crippen LogP contribution in [0.3, 0.4) is 0 Å². The van der Waals surface area contributed by atoms with Crippen LogP contribution in [0.4, 0.5) is 5.13 Å². The van der Waals surface area contributed by atoms with Gasteiger partial charge in [0.1, 0.15) is 10.3 Å². The molecule has 42 heavy (non-hydrogen) atoms. The number of hydrogen-bond donors (Lipinski definition) is 2. The SMILES string of the molecule is CN1CCN(S(=O)(=O)c2ccc([C@@H](CC3CCCC3)C(=O)Nc3nc4ccc(OCCCC(=O)O)nc4s3)cc2)CC1. The Hall–Kier alpha value is -3.13. The zero-order valence-electron chi connectivity index (χ0n) is 23.7. The van der Waals surface area contributed by atoms with Crippen molar-refractivity contribution in [1.82, 2.24) is 19.2 Å². The second-order valence-corrected chi connectivity index (χ2v) is 14.0. The highest BCUT2D eigenvalue weighted by atomic mass is 32.2. The predicted octanol–water partition coefficient (Wildman–Crippen LogP) is 4.17. The van der Waals surface area contributed by atoms with Crippen molar-refractivity contribution in [3.8, 4) is 5.88 Å². The minimum Gasteiger partial charge on any atom is -0.481 e. The number of amides is 1. The number of sulfonamides is 1. The Labute approximate surface area is 250 Å². The highest BCUT2D eigenvalue weighted by Gasteiger charge is 2.30. The van der Waals surface area contributed by atoms with Crippen molar-refractivity contribution in [2.75, 3.05) is 45.2 Å². The van der Waals surface area contributed by atoms with Gasteiger partial charge in [-0.05, 0) is 49.6 Å². The fourth-order valence-electron chi connectivity index (χ4n) is 5.55. The zero-order valence-corrected chi connectivity index (χ0v) is 25.3. The van der Waals surface area contributed by atoms with Crippen LogP contribution in [-0.2, 0) is 19.6 Å². The summed E-state index contributed by atoms with van der Waals surface area (Å²) >= 11 is 1.24. The number of nitrogens with zero attached hydrogens (tertiary/aromatic N) is 4. The molecule has 3 aromatic rings. The molecule has 1 amide bonds. The van der Waals surface area contributed by atoms with E-state index in [0.29, 0.717) is 66.3 Å². The molecule has 226 valence electrons. The number of piperazine rings is 1. The van der Waals surface area contributed by atoms with Crippen molar-refractivity contribution in [1.29, 1.82) is 0 Å². The van der Waals surface area contributed by atoms with Gasteiger partial charge in [0, 0.05) is 38.7 Å². The number of anilines is 1. The van der Waals surface area contributed by atoms with Gasteiger partial charge in [0.05, 0.1) is 17.4 Å². The number of rotatable bonds is 12. The van der Waals surface area contributed by atoms with E-state index in [-0.39, 0.29) is 23.8 Å². The van der Waals surface area contributed by atoms with E-state index in [9.17, 15) is 18.0 Å². The van der Waals surface area contributed by atoms with Crippen LogP contribution in [0.15, 0.2) is 41.3 Å². The topological polar surface area (TPSA) is 142 Å². The van der Waals surface area contributed by atoms with Crippen molar-refractivity contribution in [2.24, 2.45) is 5.92 Å². The van der Waals surface area contributed by atoms with E-state index in [1.807, 2.05) is 7.05 Å². The summed E-state index contributed by atoms with van der Waals surface area (Å²) in [4.78, 5) is 36.3. The van der Waals surface area contributed by atoms with Gasteiger partial charge in [-0.2, -0.15) is 4.31 Å². The molecule has 2 fully saturated rings. The normalized spacial score (nSPS) is 17.8. The van der Waals surface area contributed by atoms with E-state index in [1.54, 1.807) is 36.4 Å². The Morgan fingerprint density at radius 1 is 1.07 bits per heavy atom. The van der Waals surface area contributed by atoms with Crippen LogP contribution in [0.2, 0.25) is 0 Å². The van der Waals surface area contributed by atoms with Crippen LogP contribution in [0.25, 0.3) is 10.3 Å². The Morgan fingerprint density at radius 2 is 1.79 bits per heavy atom. The first kappa shape index (κ1) is 30.3. The standard InChI is InChI=1S/C29H37N5O6S2/c1-33-14-16-34(17-15-33)42(38,39)22-10-8-21(9-11-22)23(19-20-5-2-3-6-20)27(37)32-29-30-24-12-13-25(31-28(24)41-29)40-18-4-7-26(35)36/h8-13,20,23H,2-7,14-19H2,1H3,(H,35,36)(H,30,32,37)/t23-/m1/s1. The number of pyridine rings is 1. The second-order valence-electron chi connectivity index (χ2n) is 11.0. The van der Waals surface area contributed by atoms with E-state index in [4.69, 9.17) is 9.84 Å². The molecule has 3 heterocycles. The van der Waals surface area contributed by atoms with Crippen LogP contribution >= 0.6 is 11.3 Å². The third kappa shape index (κ3) is 7.44. The quantitative estimate of drug-likeness (QED) is 0.287. The molecule has 0 unspecified atom stereocenters. The number of thiazole rings is 1.